The van der Waals surface area contributed by atoms with Gasteiger partial charge in [0, 0.05) is 38.8 Å². The Hall–Kier alpha value is -0.160. The summed E-state index contributed by atoms with van der Waals surface area (Å²) in [4.78, 5) is 2.66. The van der Waals surface area contributed by atoms with E-state index in [1.807, 2.05) is 0 Å². The largest absolute Gasteiger partial charge is 0.385 e. The first-order valence-electron chi connectivity index (χ1n) is 8.61. The van der Waals surface area contributed by atoms with Crippen molar-refractivity contribution < 1.29 is 9.47 Å². The van der Waals surface area contributed by atoms with Crippen LogP contribution in [0.25, 0.3) is 0 Å². The van der Waals surface area contributed by atoms with Gasteiger partial charge in [-0.25, -0.2) is 0 Å². The van der Waals surface area contributed by atoms with Crippen LogP contribution in [0.5, 0.6) is 0 Å². The Morgan fingerprint density at radius 2 is 2.00 bits per heavy atom. The molecule has 0 saturated carbocycles. The first-order chi connectivity index (χ1) is 10.1. The van der Waals surface area contributed by atoms with Gasteiger partial charge in [0.15, 0.2) is 0 Å². The van der Waals surface area contributed by atoms with Gasteiger partial charge in [-0.2, -0.15) is 0 Å². The van der Waals surface area contributed by atoms with Crippen LogP contribution in [-0.4, -0.2) is 63.5 Å². The summed E-state index contributed by atoms with van der Waals surface area (Å²) in [5, 5.41) is 3.68. The van der Waals surface area contributed by atoms with Crippen molar-refractivity contribution in [2.45, 2.75) is 51.6 Å². The summed E-state index contributed by atoms with van der Waals surface area (Å²) in [6.07, 6.45) is 6.18. The van der Waals surface area contributed by atoms with Crippen LogP contribution in [0.2, 0.25) is 0 Å². The number of hydrogen-bond acceptors (Lipinski definition) is 4. The molecule has 1 atom stereocenters. The zero-order valence-electron chi connectivity index (χ0n) is 14.2. The molecule has 4 heteroatoms. The monoisotopic (exact) mass is 298 g/mol. The highest BCUT2D eigenvalue weighted by molar-refractivity contribution is 4.94. The molecule has 4 nitrogen and oxygen atoms in total. The maximum atomic E-state index is 5.96. The van der Waals surface area contributed by atoms with Crippen molar-refractivity contribution >= 4 is 0 Å². The summed E-state index contributed by atoms with van der Waals surface area (Å²) in [5.74, 6) is 0. The van der Waals surface area contributed by atoms with E-state index in [-0.39, 0.29) is 5.60 Å². The molecule has 2 aliphatic heterocycles. The predicted molar refractivity (Wildman–Crippen MR) is 86.7 cm³/mol. The van der Waals surface area contributed by atoms with Crippen LogP contribution >= 0.6 is 0 Å². The highest BCUT2D eigenvalue weighted by atomic mass is 16.5. The third-order valence-corrected chi connectivity index (χ3v) is 4.89. The first kappa shape index (κ1) is 17.2. The number of nitrogens with one attached hydrogen (secondary N) is 1. The fourth-order valence-electron chi connectivity index (χ4n) is 4.04. The van der Waals surface area contributed by atoms with E-state index >= 15 is 0 Å². The van der Waals surface area contributed by atoms with E-state index in [2.05, 4.69) is 24.1 Å². The lowest BCUT2D eigenvalue weighted by Gasteiger charge is -2.47. The van der Waals surface area contributed by atoms with Crippen LogP contribution in [0, 0.1) is 5.41 Å². The molecular formula is C17H34N2O2. The standard InChI is InChI=1S/C17H34N2O2/c1-16(2)13-17(7-12-21-16,14-18-8-6-11-20-3)15-19-9-4-5-10-19/h18H,4-15H2,1-3H3/t17-/m0/s1. The Bertz CT molecular complexity index is 303. The molecule has 1 N–H and O–H groups in total. The Morgan fingerprint density at radius 1 is 1.24 bits per heavy atom. The van der Waals surface area contributed by atoms with Crippen LogP contribution in [0.15, 0.2) is 0 Å². The van der Waals surface area contributed by atoms with Crippen LogP contribution < -0.4 is 5.32 Å². The van der Waals surface area contributed by atoms with E-state index in [0.717, 1.165) is 39.1 Å². The molecule has 0 aromatic rings. The smallest absolute Gasteiger partial charge is 0.0632 e. The molecule has 0 unspecified atom stereocenters. The maximum absolute atomic E-state index is 5.96. The van der Waals surface area contributed by atoms with Gasteiger partial charge in [0.1, 0.15) is 0 Å². The first-order valence-corrected chi connectivity index (χ1v) is 8.61. The summed E-state index contributed by atoms with van der Waals surface area (Å²) >= 11 is 0. The van der Waals surface area contributed by atoms with Crippen LogP contribution in [-0.2, 0) is 9.47 Å². The molecule has 0 amide bonds. The summed E-state index contributed by atoms with van der Waals surface area (Å²) in [6.45, 7) is 12.2. The van der Waals surface area contributed by atoms with Crippen molar-refractivity contribution in [3.8, 4) is 0 Å². The van der Waals surface area contributed by atoms with Gasteiger partial charge in [0.05, 0.1) is 5.60 Å². The van der Waals surface area contributed by atoms with Gasteiger partial charge in [-0.05, 0) is 65.6 Å². The molecule has 21 heavy (non-hydrogen) atoms. The highest BCUT2D eigenvalue weighted by Gasteiger charge is 2.41. The molecule has 0 aliphatic carbocycles. The van der Waals surface area contributed by atoms with Gasteiger partial charge in [-0.15, -0.1) is 0 Å². The fraction of sp³-hybridized carbons (Fsp3) is 1.00. The molecule has 0 radical (unpaired) electrons. The topological polar surface area (TPSA) is 33.7 Å². The SMILES string of the molecule is COCCCNC[C@]1(CN2CCCC2)CCOC(C)(C)C1. The molecule has 2 rings (SSSR count). The van der Waals surface area contributed by atoms with Gasteiger partial charge in [-0.3, -0.25) is 0 Å². The molecule has 2 aliphatic rings. The van der Waals surface area contributed by atoms with Gasteiger partial charge < -0.3 is 19.7 Å². The van der Waals surface area contributed by atoms with E-state index in [4.69, 9.17) is 9.47 Å². The molecule has 124 valence electrons. The van der Waals surface area contributed by atoms with Crippen LogP contribution in [0.1, 0.15) is 46.0 Å². The van der Waals surface area contributed by atoms with Crippen molar-refractivity contribution in [1.82, 2.24) is 10.2 Å². The Balaban J connectivity index is 1.89. The highest BCUT2D eigenvalue weighted by Crippen LogP contribution is 2.39. The number of rotatable bonds is 8. The zero-order chi connectivity index (χ0) is 15.2. The molecule has 0 spiro atoms. The van der Waals surface area contributed by atoms with E-state index in [1.54, 1.807) is 7.11 Å². The summed E-state index contributed by atoms with van der Waals surface area (Å²) < 4.78 is 11.1. The predicted octanol–water partition coefficient (Wildman–Crippen LogP) is 2.28. The van der Waals surface area contributed by atoms with Gasteiger partial charge in [0.2, 0.25) is 0 Å². The van der Waals surface area contributed by atoms with Crippen molar-refractivity contribution in [2.24, 2.45) is 5.41 Å². The second-order valence-electron chi connectivity index (χ2n) is 7.54. The normalized spacial score (nSPS) is 29.9. The third kappa shape index (κ3) is 5.51. The lowest BCUT2D eigenvalue weighted by atomic mass is 9.73. The second kappa shape index (κ2) is 7.91. The van der Waals surface area contributed by atoms with E-state index in [0.29, 0.717) is 5.41 Å². The lowest BCUT2D eigenvalue weighted by Crippen LogP contribution is -2.51. The molecule has 2 heterocycles. The van der Waals surface area contributed by atoms with Crippen molar-refractivity contribution in [3.05, 3.63) is 0 Å². The minimum absolute atomic E-state index is 0.0200. The molecular weight excluding hydrogens is 264 g/mol. The minimum Gasteiger partial charge on any atom is -0.385 e. The molecule has 2 saturated heterocycles. The summed E-state index contributed by atoms with van der Waals surface area (Å²) in [5.41, 5.74) is 0.394. The van der Waals surface area contributed by atoms with Gasteiger partial charge in [-0.1, -0.05) is 0 Å². The zero-order valence-corrected chi connectivity index (χ0v) is 14.2. The maximum Gasteiger partial charge on any atom is 0.0632 e. The van der Waals surface area contributed by atoms with E-state index < -0.39 is 0 Å². The fourth-order valence-corrected chi connectivity index (χ4v) is 4.04. The Labute approximate surface area is 130 Å². The molecule has 0 aromatic carbocycles. The quantitative estimate of drug-likeness (QED) is 0.697. The molecule has 2 fully saturated rings. The summed E-state index contributed by atoms with van der Waals surface area (Å²) in [6, 6.07) is 0. The number of hydrogen-bond donors (Lipinski definition) is 1. The number of ether oxygens (including phenoxy) is 2. The number of methoxy groups -OCH3 is 1. The lowest BCUT2D eigenvalue weighted by molar-refractivity contribution is -0.110. The van der Waals surface area contributed by atoms with Crippen molar-refractivity contribution in [1.29, 1.82) is 0 Å². The van der Waals surface area contributed by atoms with E-state index in [1.165, 1.54) is 38.9 Å². The average Bonchev–Trinajstić information content (AvgIpc) is 2.90. The van der Waals surface area contributed by atoms with Crippen LogP contribution in [0.3, 0.4) is 0 Å². The van der Waals surface area contributed by atoms with Gasteiger partial charge >= 0.3 is 0 Å². The Kier molecular flexibility index (Phi) is 6.48. The van der Waals surface area contributed by atoms with Crippen molar-refractivity contribution in [3.63, 3.8) is 0 Å². The molecule has 0 aromatic heterocycles. The second-order valence-corrected chi connectivity index (χ2v) is 7.54. The third-order valence-electron chi connectivity index (χ3n) is 4.89. The molecule has 0 bridgehead atoms. The number of likely N-dealkylation sites (tertiary alicyclic amines) is 1. The van der Waals surface area contributed by atoms with Crippen LogP contribution in [0.4, 0.5) is 0 Å². The summed E-state index contributed by atoms with van der Waals surface area (Å²) in [7, 11) is 1.77. The van der Waals surface area contributed by atoms with E-state index in [9.17, 15) is 0 Å². The Morgan fingerprint density at radius 3 is 2.67 bits per heavy atom. The van der Waals surface area contributed by atoms with Gasteiger partial charge in [0.25, 0.3) is 0 Å². The average molecular weight is 298 g/mol. The van der Waals surface area contributed by atoms with Crippen molar-refractivity contribution in [2.75, 3.05) is 53.0 Å². The number of nitrogens with zero attached hydrogens (tertiary/aromatic N) is 1. The minimum atomic E-state index is 0.0200.